The molecule has 0 aliphatic carbocycles. The lowest BCUT2D eigenvalue weighted by Gasteiger charge is -2.24. The summed E-state index contributed by atoms with van der Waals surface area (Å²) < 4.78 is 24.2. The maximum Gasteiger partial charge on any atom is 0.179 e. The van der Waals surface area contributed by atoms with Crippen molar-refractivity contribution in [3.05, 3.63) is 29.8 Å². The molecule has 0 saturated heterocycles. The van der Waals surface area contributed by atoms with Gasteiger partial charge in [-0.15, -0.1) is 0 Å². The van der Waals surface area contributed by atoms with E-state index in [0.717, 1.165) is 6.42 Å². The fraction of sp³-hybridized carbons (Fsp3) is 0.500. The predicted molar refractivity (Wildman–Crippen MR) is 75.6 cm³/mol. The maximum absolute atomic E-state index is 12.1. The Morgan fingerprint density at radius 3 is 2.32 bits per heavy atom. The summed E-state index contributed by atoms with van der Waals surface area (Å²) in [6.07, 6.45) is 0.934. The quantitative estimate of drug-likeness (QED) is 0.866. The van der Waals surface area contributed by atoms with Gasteiger partial charge in [-0.05, 0) is 44.5 Å². The Kier molecular flexibility index (Phi) is 5.10. The van der Waals surface area contributed by atoms with Crippen LogP contribution < -0.4 is 5.32 Å². The van der Waals surface area contributed by atoms with Crippen molar-refractivity contribution >= 4 is 9.84 Å². The van der Waals surface area contributed by atoms with Gasteiger partial charge in [-0.3, -0.25) is 0 Å². The number of nitrogens with zero attached hydrogens (tertiary/aromatic N) is 1. The zero-order valence-corrected chi connectivity index (χ0v) is 12.4. The molecule has 0 spiro atoms. The Morgan fingerprint density at radius 2 is 1.84 bits per heavy atom. The van der Waals surface area contributed by atoms with Crippen molar-refractivity contribution < 1.29 is 8.42 Å². The first-order valence-corrected chi connectivity index (χ1v) is 7.94. The Morgan fingerprint density at radius 1 is 1.26 bits per heavy atom. The highest BCUT2D eigenvalue weighted by molar-refractivity contribution is 7.91. The lowest BCUT2D eigenvalue weighted by Crippen LogP contribution is -2.41. The standard InChI is InChI=1S/C14H20N2O2S/c1-4-14(2,3)16-9-10-19(17,18)13-7-5-12(11-15)6-8-13/h5-8,16H,4,9-10H2,1-3H3. The van der Waals surface area contributed by atoms with Gasteiger partial charge in [-0.2, -0.15) is 5.26 Å². The van der Waals surface area contributed by atoms with E-state index in [1.807, 2.05) is 19.9 Å². The average molecular weight is 280 g/mol. The van der Waals surface area contributed by atoms with E-state index in [1.165, 1.54) is 24.3 Å². The molecule has 4 nitrogen and oxygen atoms in total. The van der Waals surface area contributed by atoms with Gasteiger partial charge in [0.25, 0.3) is 0 Å². The van der Waals surface area contributed by atoms with Gasteiger partial charge in [0.05, 0.1) is 22.3 Å². The summed E-state index contributed by atoms with van der Waals surface area (Å²) >= 11 is 0. The number of nitriles is 1. The van der Waals surface area contributed by atoms with Crippen LogP contribution in [0.2, 0.25) is 0 Å². The van der Waals surface area contributed by atoms with E-state index in [0.29, 0.717) is 12.1 Å². The summed E-state index contributed by atoms with van der Waals surface area (Å²) in [5.74, 6) is 0.0579. The molecule has 0 atom stereocenters. The Bertz CT molecular complexity index is 554. The zero-order chi connectivity index (χ0) is 14.5. The Balaban J connectivity index is 2.68. The smallest absolute Gasteiger partial charge is 0.179 e. The first kappa shape index (κ1) is 15.7. The van der Waals surface area contributed by atoms with Crippen molar-refractivity contribution in [3.63, 3.8) is 0 Å². The molecule has 104 valence electrons. The third kappa shape index (κ3) is 4.66. The average Bonchev–Trinajstić information content (AvgIpc) is 2.38. The molecule has 1 aromatic carbocycles. The number of nitrogens with one attached hydrogen (secondary N) is 1. The van der Waals surface area contributed by atoms with Crippen molar-refractivity contribution in [3.8, 4) is 6.07 Å². The minimum absolute atomic E-state index is 0.0554. The Labute approximate surface area is 115 Å². The topological polar surface area (TPSA) is 70.0 Å². The third-order valence-electron chi connectivity index (χ3n) is 3.20. The number of rotatable bonds is 6. The molecule has 0 unspecified atom stereocenters. The van der Waals surface area contributed by atoms with Crippen LogP contribution in [-0.4, -0.2) is 26.3 Å². The van der Waals surface area contributed by atoms with E-state index in [9.17, 15) is 8.42 Å². The van der Waals surface area contributed by atoms with E-state index >= 15 is 0 Å². The lowest BCUT2D eigenvalue weighted by atomic mass is 10.0. The second-order valence-corrected chi connectivity index (χ2v) is 7.23. The molecule has 5 heteroatoms. The molecule has 0 bridgehead atoms. The van der Waals surface area contributed by atoms with Crippen molar-refractivity contribution in [2.24, 2.45) is 0 Å². The minimum Gasteiger partial charge on any atom is -0.311 e. The van der Waals surface area contributed by atoms with Crippen LogP contribution in [0.4, 0.5) is 0 Å². The van der Waals surface area contributed by atoms with Gasteiger partial charge in [0.2, 0.25) is 0 Å². The van der Waals surface area contributed by atoms with Crippen molar-refractivity contribution in [2.75, 3.05) is 12.3 Å². The van der Waals surface area contributed by atoms with Crippen molar-refractivity contribution in [2.45, 2.75) is 37.6 Å². The van der Waals surface area contributed by atoms with Crippen LogP contribution in [0, 0.1) is 11.3 Å². The van der Waals surface area contributed by atoms with Crippen LogP contribution in [0.1, 0.15) is 32.8 Å². The number of hydrogen-bond acceptors (Lipinski definition) is 4. The van der Waals surface area contributed by atoms with Crippen molar-refractivity contribution in [1.82, 2.24) is 5.32 Å². The van der Waals surface area contributed by atoms with Crippen LogP contribution in [0.15, 0.2) is 29.2 Å². The number of hydrogen-bond donors (Lipinski definition) is 1. The maximum atomic E-state index is 12.1. The van der Waals surface area contributed by atoms with E-state index in [1.54, 1.807) is 0 Å². The summed E-state index contributed by atoms with van der Waals surface area (Å²) in [4.78, 5) is 0.266. The molecule has 19 heavy (non-hydrogen) atoms. The summed E-state index contributed by atoms with van der Waals surface area (Å²) in [5.41, 5.74) is 0.407. The first-order valence-electron chi connectivity index (χ1n) is 6.29. The monoisotopic (exact) mass is 280 g/mol. The predicted octanol–water partition coefficient (Wildman–Crippen LogP) is 2.11. The molecule has 0 aliphatic rings. The van der Waals surface area contributed by atoms with Gasteiger partial charge in [0.15, 0.2) is 9.84 Å². The van der Waals surface area contributed by atoms with Gasteiger partial charge in [-0.25, -0.2) is 8.42 Å². The molecule has 1 N–H and O–H groups in total. The molecule has 0 aromatic heterocycles. The Hall–Kier alpha value is -1.38. The minimum atomic E-state index is -3.29. The second kappa shape index (κ2) is 6.18. The van der Waals surface area contributed by atoms with Crippen LogP contribution in [0.25, 0.3) is 0 Å². The van der Waals surface area contributed by atoms with E-state index in [-0.39, 0.29) is 16.2 Å². The normalized spacial score (nSPS) is 12.1. The SMILES string of the molecule is CCC(C)(C)NCCS(=O)(=O)c1ccc(C#N)cc1. The van der Waals surface area contributed by atoms with Crippen molar-refractivity contribution in [1.29, 1.82) is 5.26 Å². The fourth-order valence-electron chi connectivity index (χ4n) is 1.50. The highest BCUT2D eigenvalue weighted by Crippen LogP contribution is 2.12. The highest BCUT2D eigenvalue weighted by Gasteiger charge is 2.18. The van der Waals surface area contributed by atoms with E-state index < -0.39 is 9.84 Å². The van der Waals surface area contributed by atoms with E-state index in [4.69, 9.17) is 5.26 Å². The van der Waals surface area contributed by atoms with Crippen LogP contribution in [0.5, 0.6) is 0 Å². The number of sulfone groups is 1. The summed E-state index contributed by atoms with van der Waals surface area (Å²) in [6, 6.07) is 7.99. The molecule has 1 aromatic rings. The van der Waals surface area contributed by atoms with Gasteiger partial charge < -0.3 is 5.32 Å². The molecule has 0 amide bonds. The fourth-order valence-corrected chi connectivity index (χ4v) is 2.66. The summed E-state index contributed by atoms with van der Waals surface area (Å²) in [5, 5.41) is 11.9. The largest absolute Gasteiger partial charge is 0.311 e. The molecule has 1 rings (SSSR count). The molecular formula is C14H20N2O2S. The first-order chi connectivity index (χ1) is 8.80. The van der Waals surface area contributed by atoms with E-state index in [2.05, 4.69) is 12.2 Å². The third-order valence-corrected chi connectivity index (χ3v) is 4.93. The van der Waals surface area contributed by atoms with Gasteiger partial charge in [0, 0.05) is 12.1 Å². The molecule has 0 saturated carbocycles. The lowest BCUT2D eigenvalue weighted by molar-refractivity contribution is 0.387. The molecule has 0 heterocycles. The highest BCUT2D eigenvalue weighted by atomic mass is 32.2. The van der Waals surface area contributed by atoms with Gasteiger partial charge in [-0.1, -0.05) is 6.92 Å². The second-order valence-electron chi connectivity index (χ2n) is 5.12. The summed E-state index contributed by atoms with van der Waals surface area (Å²) in [6.45, 7) is 6.56. The van der Waals surface area contributed by atoms with Crippen LogP contribution in [0.3, 0.4) is 0 Å². The van der Waals surface area contributed by atoms with Crippen LogP contribution in [-0.2, 0) is 9.84 Å². The number of benzene rings is 1. The zero-order valence-electron chi connectivity index (χ0n) is 11.6. The van der Waals surface area contributed by atoms with Crippen LogP contribution >= 0.6 is 0 Å². The summed E-state index contributed by atoms with van der Waals surface area (Å²) in [7, 11) is -3.29. The molecule has 0 fully saturated rings. The molecule has 0 aliphatic heterocycles. The van der Waals surface area contributed by atoms with Gasteiger partial charge in [0.1, 0.15) is 0 Å². The molecule has 0 radical (unpaired) electrons. The molecular weight excluding hydrogens is 260 g/mol. The van der Waals surface area contributed by atoms with Gasteiger partial charge >= 0.3 is 0 Å².